The normalized spacial score (nSPS) is 11.6. The molecule has 0 aliphatic carbocycles. The number of nitrogens with zero attached hydrogens (tertiary/aromatic N) is 1. The number of sulfonamides is 1. The summed E-state index contributed by atoms with van der Waals surface area (Å²) in [5.41, 5.74) is 0.542. The van der Waals surface area contributed by atoms with Crippen LogP contribution in [0.2, 0.25) is 0 Å². The zero-order valence-electron chi connectivity index (χ0n) is 15.5. The van der Waals surface area contributed by atoms with E-state index in [1.807, 2.05) is 0 Å². The highest BCUT2D eigenvalue weighted by atomic mass is 79.9. The number of carbonyl (C=O) groups is 2. The third-order valence-corrected chi connectivity index (χ3v) is 7.78. The third-order valence-electron chi connectivity index (χ3n) is 4.08. The van der Waals surface area contributed by atoms with Gasteiger partial charge in [0.15, 0.2) is 0 Å². The molecule has 0 unspecified atom stereocenters. The number of fused-ring (bicyclic) bond motifs is 1. The van der Waals surface area contributed by atoms with Crippen molar-refractivity contribution in [3.8, 4) is 0 Å². The number of likely N-dealkylation sites (N-methyl/N-ethyl adjacent to an activating group) is 1. The molecule has 29 heavy (non-hydrogen) atoms. The first kappa shape index (κ1) is 21.4. The molecule has 0 atom stereocenters. The van der Waals surface area contributed by atoms with Gasteiger partial charge in [0.2, 0.25) is 15.9 Å². The topological polar surface area (TPSA) is 92.8 Å². The molecule has 0 bridgehead atoms. The molecule has 0 aliphatic rings. The zero-order valence-corrected chi connectivity index (χ0v) is 18.7. The molecule has 1 amide bonds. The minimum absolute atomic E-state index is 0.0196. The Morgan fingerprint density at radius 2 is 1.79 bits per heavy atom. The van der Waals surface area contributed by atoms with Gasteiger partial charge < -0.3 is 10.1 Å². The fraction of sp³-hybridized carbons (Fsp3) is 0.158. The molecule has 1 aromatic heterocycles. The lowest BCUT2D eigenvalue weighted by atomic mass is 10.2. The molecule has 0 aliphatic heterocycles. The predicted molar refractivity (Wildman–Crippen MR) is 116 cm³/mol. The minimum Gasteiger partial charge on any atom is -0.465 e. The van der Waals surface area contributed by atoms with Crippen molar-refractivity contribution in [3.05, 3.63) is 57.9 Å². The number of halogens is 1. The Hall–Kier alpha value is -2.27. The number of amides is 1. The Balaban J connectivity index is 1.91. The van der Waals surface area contributed by atoms with Gasteiger partial charge in [-0.3, -0.25) is 4.79 Å². The van der Waals surface area contributed by atoms with Crippen LogP contribution in [0.5, 0.6) is 0 Å². The van der Waals surface area contributed by atoms with Gasteiger partial charge in [-0.15, -0.1) is 11.3 Å². The summed E-state index contributed by atoms with van der Waals surface area (Å²) in [6.07, 6.45) is 0. The van der Waals surface area contributed by atoms with E-state index in [2.05, 4.69) is 21.2 Å². The Morgan fingerprint density at radius 1 is 1.14 bits per heavy atom. The Kier molecular flexibility index (Phi) is 6.37. The number of nitrogens with one attached hydrogen (secondary N) is 1. The second kappa shape index (κ2) is 8.62. The molecule has 152 valence electrons. The Morgan fingerprint density at radius 3 is 2.45 bits per heavy atom. The second-order valence-corrected chi connectivity index (χ2v) is 10.0. The molecular formula is C19H17BrN2O5S2. The minimum atomic E-state index is -4.13. The summed E-state index contributed by atoms with van der Waals surface area (Å²) >= 11 is 4.35. The van der Waals surface area contributed by atoms with Gasteiger partial charge in [0.05, 0.1) is 13.7 Å². The van der Waals surface area contributed by atoms with Gasteiger partial charge in [-0.25, -0.2) is 13.2 Å². The van der Waals surface area contributed by atoms with Gasteiger partial charge in [-0.05, 0) is 30.3 Å². The number of esters is 1. The van der Waals surface area contributed by atoms with Crippen LogP contribution in [-0.4, -0.2) is 45.3 Å². The molecule has 0 saturated carbocycles. The Labute approximate surface area is 180 Å². The molecule has 0 fully saturated rings. The highest BCUT2D eigenvalue weighted by molar-refractivity contribution is 9.10. The van der Waals surface area contributed by atoms with Crippen molar-refractivity contribution < 1.29 is 22.7 Å². The van der Waals surface area contributed by atoms with E-state index in [0.29, 0.717) is 15.8 Å². The number of anilines is 1. The highest BCUT2D eigenvalue weighted by Crippen LogP contribution is 2.36. The molecule has 1 heterocycles. The molecule has 3 aromatic rings. The van der Waals surface area contributed by atoms with E-state index < -0.39 is 28.4 Å². The number of carbonyl (C=O) groups excluding carboxylic acids is 2. The molecule has 3 rings (SSSR count). The summed E-state index contributed by atoms with van der Waals surface area (Å²) in [6.45, 7) is -0.414. The SMILES string of the molecule is COC(=O)c1sc2ccccc2c1S(=O)(=O)N(C)CC(=O)Nc1ccc(Br)cc1. The molecular weight excluding hydrogens is 480 g/mol. The largest absolute Gasteiger partial charge is 0.465 e. The standard InChI is InChI=1S/C19H17BrN2O5S2/c1-22(11-16(23)21-13-9-7-12(20)8-10-13)29(25,26)18-14-5-3-4-6-15(14)28-17(18)19(24)27-2/h3-10H,11H2,1-2H3,(H,21,23). The van der Waals surface area contributed by atoms with E-state index >= 15 is 0 Å². The summed E-state index contributed by atoms with van der Waals surface area (Å²) in [5, 5.41) is 3.06. The molecule has 0 radical (unpaired) electrons. The number of thiophene rings is 1. The lowest BCUT2D eigenvalue weighted by Gasteiger charge is -2.17. The summed E-state index contributed by atoms with van der Waals surface area (Å²) in [7, 11) is -1.64. The number of benzene rings is 2. The van der Waals surface area contributed by atoms with Crippen LogP contribution < -0.4 is 5.32 Å². The van der Waals surface area contributed by atoms with Crippen LogP contribution >= 0.6 is 27.3 Å². The quantitative estimate of drug-likeness (QED) is 0.525. The van der Waals surface area contributed by atoms with E-state index in [-0.39, 0.29) is 9.77 Å². The maximum Gasteiger partial charge on any atom is 0.349 e. The van der Waals surface area contributed by atoms with Crippen LogP contribution in [-0.2, 0) is 19.6 Å². The van der Waals surface area contributed by atoms with Gasteiger partial charge in [0.1, 0.15) is 9.77 Å². The van der Waals surface area contributed by atoms with Crippen molar-refractivity contribution in [2.45, 2.75) is 4.90 Å². The van der Waals surface area contributed by atoms with Crippen LogP contribution in [0.3, 0.4) is 0 Å². The molecule has 0 saturated heterocycles. The molecule has 7 nitrogen and oxygen atoms in total. The summed E-state index contributed by atoms with van der Waals surface area (Å²) in [5.74, 6) is -1.24. The molecule has 1 N–H and O–H groups in total. The van der Waals surface area contributed by atoms with E-state index in [4.69, 9.17) is 4.74 Å². The van der Waals surface area contributed by atoms with E-state index in [0.717, 1.165) is 20.1 Å². The van der Waals surface area contributed by atoms with Crippen LogP contribution in [0.1, 0.15) is 9.67 Å². The molecule has 0 spiro atoms. The lowest BCUT2D eigenvalue weighted by Crippen LogP contribution is -2.35. The monoisotopic (exact) mass is 496 g/mol. The van der Waals surface area contributed by atoms with Crippen LogP contribution in [0.25, 0.3) is 10.1 Å². The van der Waals surface area contributed by atoms with Crippen LogP contribution in [0.15, 0.2) is 57.9 Å². The average molecular weight is 497 g/mol. The van der Waals surface area contributed by atoms with Gasteiger partial charge in [-0.2, -0.15) is 4.31 Å². The smallest absolute Gasteiger partial charge is 0.349 e. The maximum absolute atomic E-state index is 13.2. The Bertz CT molecular complexity index is 1170. The van der Waals surface area contributed by atoms with Crippen molar-refractivity contribution in [1.82, 2.24) is 4.31 Å². The number of rotatable bonds is 6. The fourth-order valence-electron chi connectivity index (χ4n) is 2.68. The second-order valence-electron chi connectivity index (χ2n) is 6.06. The van der Waals surface area contributed by atoms with Crippen molar-refractivity contribution in [3.63, 3.8) is 0 Å². The first-order valence-electron chi connectivity index (χ1n) is 8.35. The molecule has 10 heteroatoms. The summed E-state index contributed by atoms with van der Waals surface area (Å²) in [6, 6.07) is 13.7. The lowest BCUT2D eigenvalue weighted by molar-refractivity contribution is -0.116. The van der Waals surface area contributed by atoms with Crippen molar-refractivity contribution in [2.24, 2.45) is 0 Å². The van der Waals surface area contributed by atoms with Gasteiger partial charge in [0.25, 0.3) is 0 Å². The number of hydrogen-bond donors (Lipinski definition) is 1. The predicted octanol–water partition coefficient (Wildman–Crippen LogP) is 3.71. The van der Waals surface area contributed by atoms with Crippen LogP contribution in [0.4, 0.5) is 5.69 Å². The zero-order chi connectivity index (χ0) is 21.2. The van der Waals surface area contributed by atoms with Crippen molar-refractivity contribution in [1.29, 1.82) is 0 Å². The first-order chi connectivity index (χ1) is 13.7. The van der Waals surface area contributed by atoms with Crippen molar-refractivity contribution in [2.75, 3.05) is 26.0 Å². The summed E-state index contributed by atoms with van der Waals surface area (Å²) < 4.78 is 33.6. The highest BCUT2D eigenvalue weighted by Gasteiger charge is 2.32. The van der Waals surface area contributed by atoms with Gasteiger partial charge in [-0.1, -0.05) is 34.1 Å². The molecule has 2 aromatic carbocycles. The third kappa shape index (κ3) is 4.50. The van der Waals surface area contributed by atoms with Crippen molar-refractivity contribution >= 4 is 64.9 Å². The van der Waals surface area contributed by atoms with Crippen LogP contribution in [0, 0.1) is 0 Å². The summed E-state index contributed by atoms with van der Waals surface area (Å²) in [4.78, 5) is 24.4. The first-order valence-corrected chi connectivity index (χ1v) is 11.4. The number of methoxy groups -OCH3 is 1. The van der Waals surface area contributed by atoms with Gasteiger partial charge >= 0.3 is 5.97 Å². The number of hydrogen-bond acceptors (Lipinski definition) is 6. The average Bonchev–Trinajstić information content (AvgIpc) is 3.09. The van der Waals surface area contributed by atoms with E-state index in [9.17, 15) is 18.0 Å². The fourth-order valence-corrected chi connectivity index (χ4v) is 5.84. The van der Waals surface area contributed by atoms with E-state index in [1.54, 1.807) is 48.5 Å². The van der Waals surface area contributed by atoms with E-state index in [1.165, 1.54) is 14.2 Å². The van der Waals surface area contributed by atoms with Gasteiger partial charge in [0, 0.05) is 27.3 Å². The maximum atomic E-state index is 13.2. The number of ether oxygens (including phenoxy) is 1.